The van der Waals surface area contributed by atoms with Crippen LogP contribution in [0.5, 0.6) is 0 Å². The van der Waals surface area contributed by atoms with Gasteiger partial charge in [0.05, 0.1) is 12.1 Å². The number of hydrogen-bond donors (Lipinski definition) is 2. The Kier molecular flexibility index (Phi) is 4.43. The molecule has 1 aromatic heterocycles. The van der Waals surface area contributed by atoms with Crippen LogP contribution >= 0.6 is 22.6 Å². The Balaban J connectivity index is 2.46. The first-order valence-corrected chi connectivity index (χ1v) is 7.03. The Morgan fingerprint density at radius 1 is 1.30 bits per heavy atom. The van der Waals surface area contributed by atoms with E-state index < -0.39 is 0 Å². The summed E-state index contributed by atoms with van der Waals surface area (Å²) in [5.41, 5.74) is 7.29. The molecular formula is C14H14IN3O2. The molecule has 0 atom stereocenters. The fourth-order valence-electron chi connectivity index (χ4n) is 1.89. The van der Waals surface area contributed by atoms with Crippen LogP contribution in [0.4, 0.5) is 0 Å². The van der Waals surface area contributed by atoms with Crippen LogP contribution < -0.4 is 11.3 Å². The lowest BCUT2D eigenvalue weighted by molar-refractivity contribution is 0.318. The average Bonchev–Trinajstić information content (AvgIpc) is 2.45. The van der Waals surface area contributed by atoms with Crippen LogP contribution in [0.25, 0.3) is 0 Å². The number of amidine groups is 1. The molecule has 0 amide bonds. The topological polar surface area (TPSA) is 80.6 Å². The number of oxime groups is 1. The fraction of sp³-hybridized carbons (Fsp3) is 0.143. The molecule has 20 heavy (non-hydrogen) atoms. The van der Waals surface area contributed by atoms with E-state index in [0.717, 1.165) is 14.8 Å². The molecule has 2 rings (SSSR count). The maximum Gasteiger partial charge on any atom is 0.262 e. The molecule has 0 aliphatic heterocycles. The third-order valence-corrected chi connectivity index (χ3v) is 3.75. The number of nitrogens with two attached hydrogens (primary N) is 1. The van der Waals surface area contributed by atoms with Crippen molar-refractivity contribution in [2.75, 3.05) is 0 Å². The summed E-state index contributed by atoms with van der Waals surface area (Å²) in [5, 5.41) is 11.6. The van der Waals surface area contributed by atoms with Crippen molar-refractivity contribution in [3.63, 3.8) is 0 Å². The zero-order chi connectivity index (χ0) is 14.7. The van der Waals surface area contributed by atoms with Crippen molar-refractivity contribution in [3.8, 4) is 0 Å². The predicted octanol–water partition coefficient (Wildman–Crippen LogP) is 1.90. The number of aromatic nitrogens is 1. The molecule has 2 aromatic rings. The second kappa shape index (κ2) is 6.08. The minimum absolute atomic E-state index is 0.175. The zero-order valence-corrected chi connectivity index (χ0v) is 13.0. The zero-order valence-electron chi connectivity index (χ0n) is 10.9. The Morgan fingerprint density at radius 2 is 1.95 bits per heavy atom. The van der Waals surface area contributed by atoms with Crippen molar-refractivity contribution in [1.29, 1.82) is 0 Å². The number of pyridine rings is 1. The molecule has 0 saturated carbocycles. The predicted molar refractivity (Wildman–Crippen MR) is 86.2 cm³/mol. The molecule has 0 bridgehead atoms. The maximum absolute atomic E-state index is 12.4. The Morgan fingerprint density at radius 3 is 2.55 bits per heavy atom. The van der Waals surface area contributed by atoms with E-state index in [4.69, 9.17) is 10.9 Å². The monoisotopic (exact) mass is 383 g/mol. The number of hydrogen-bond acceptors (Lipinski definition) is 3. The van der Waals surface area contributed by atoms with Gasteiger partial charge in [0, 0.05) is 9.26 Å². The van der Waals surface area contributed by atoms with Crippen LogP contribution in [-0.2, 0) is 6.54 Å². The first-order chi connectivity index (χ1) is 9.52. The Bertz CT molecular complexity index is 705. The summed E-state index contributed by atoms with van der Waals surface area (Å²) in [5.74, 6) is -0.175. The molecule has 0 fully saturated rings. The molecule has 0 unspecified atom stereocenters. The lowest BCUT2D eigenvalue weighted by Gasteiger charge is -2.11. The van der Waals surface area contributed by atoms with Crippen LogP contribution in [0.3, 0.4) is 0 Å². The molecule has 3 N–H and O–H groups in total. The molecule has 0 saturated heterocycles. The minimum atomic E-state index is -0.265. The van der Waals surface area contributed by atoms with Gasteiger partial charge in [-0.15, -0.1) is 0 Å². The quantitative estimate of drug-likeness (QED) is 0.279. The summed E-state index contributed by atoms with van der Waals surface area (Å²) < 4.78 is 2.75. The van der Waals surface area contributed by atoms with Crippen LogP contribution in [0.15, 0.2) is 46.3 Å². The summed E-state index contributed by atoms with van der Waals surface area (Å²) in [6.45, 7) is 2.30. The fourth-order valence-corrected chi connectivity index (χ4v) is 2.25. The second-order valence-corrected chi connectivity index (χ2v) is 5.64. The summed E-state index contributed by atoms with van der Waals surface area (Å²) in [6.07, 6.45) is 0. The van der Waals surface area contributed by atoms with Gasteiger partial charge in [-0.2, -0.15) is 0 Å². The van der Waals surface area contributed by atoms with Gasteiger partial charge in [0.1, 0.15) is 0 Å². The summed E-state index contributed by atoms with van der Waals surface area (Å²) in [4.78, 5) is 12.4. The SMILES string of the molecule is Cc1ccc(/C(N)=N/O)c(=O)n1Cc1ccc(I)cc1. The van der Waals surface area contributed by atoms with E-state index in [9.17, 15) is 4.79 Å². The minimum Gasteiger partial charge on any atom is -0.409 e. The standard InChI is InChI=1S/C14H14IN3O2/c1-9-2-7-12(13(16)17-20)14(19)18(9)8-10-3-5-11(15)6-4-10/h2-7,20H,8H2,1H3,(H2,16,17). The first-order valence-electron chi connectivity index (χ1n) is 5.95. The third kappa shape index (κ3) is 3.01. The van der Waals surface area contributed by atoms with Crippen LogP contribution in [0.1, 0.15) is 16.8 Å². The van der Waals surface area contributed by atoms with E-state index >= 15 is 0 Å². The van der Waals surface area contributed by atoms with E-state index in [0.29, 0.717) is 6.54 Å². The van der Waals surface area contributed by atoms with Gasteiger partial charge in [-0.05, 0) is 59.3 Å². The molecule has 6 heteroatoms. The normalized spacial score (nSPS) is 11.6. The van der Waals surface area contributed by atoms with E-state index in [-0.39, 0.29) is 17.0 Å². The maximum atomic E-state index is 12.4. The number of rotatable bonds is 3. The number of nitrogens with zero attached hydrogens (tertiary/aromatic N) is 2. The Labute approximate surface area is 129 Å². The van der Waals surface area contributed by atoms with E-state index in [1.807, 2.05) is 31.2 Å². The summed E-state index contributed by atoms with van der Waals surface area (Å²) in [7, 11) is 0. The number of aryl methyl sites for hydroxylation is 1. The van der Waals surface area contributed by atoms with Crippen LogP contribution in [-0.4, -0.2) is 15.6 Å². The van der Waals surface area contributed by atoms with Crippen LogP contribution in [0, 0.1) is 10.5 Å². The van der Waals surface area contributed by atoms with Crippen molar-refractivity contribution in [2.24, 2.45) is 10.9 Å². The third-order valence-electron chi connectivity index (χ3n) is 3.03. The highest BCUT2D eigenvalue weighted by Crippen LogP contribution is 2.09. The van der Waals surface area contributed by atoms with Gasteiger partial charge in [-0.1, -0.05) is 17.3 Å². The lowest BCUT2D eigenvalue weighted by Crippen LogP contribution is -2.31. The van der Waals surface area contributed by atoms with Crippen molar-refractivity contribution < 1.29 is 5.21 Å². The van der Waals surface area contributed by atoms with Gasteiger partial charge < -0.3 is 15.5 Å². The highest BCUT2D eigenvalue weighted by atomic mass is 127. The molecular weight excluding hydrogens is 369 g/mol. The molecule has 0 aliphatic rings. The van der Waals surface area contributed by atoms with Crippen molar-refractivity contribution >= 4 is 28.4 Å². The van der Waals surface area contributed by atoms with Gasteiger partial charge in [-0.25, -0.2) is 0 Å². The number of halogens is 1. The molecule has 104 valence electrons. The van der Waals surface area contributed by atoms with Gasteiger partial charge in [-0.3, -0.25) is 4.79 Å². The highest BCUT2D eigenvalue weighted by Gasteiger charge is 2.10. The molecule has 0 aliphatic carbocycles. The van der Waals surface area contributed by atoms with Gasteiger partial charge in [0.2, 0.25) is 0 Å². The van der Waals surface area contributed by atoms with Crippen molar-refractivity contribution in [2.45, 2.75) is 13.5 Å². The molecule has 1 heterocycles. The molecule has 0 radical (unpaired) electrons. The summed E-state index contributed by atoms with van der Waals surface area (Å²) >= 11 is 2.23. The van der Waals surface area contributed by atoms with E-state index in [2.05, 4.69) is 27.7 Å². The van der Waals surface area contributed by atoms with Gasteiger partial charge in [0.25, 0.3) is 5.56 Å². The highest BCUT2D eigenvalue weighted by molar-refractivity contribution is 14.1. The summed E-state index contributed by atoms with van der Waals surface area (Å²) in [6, 6.07) is 11.3. The van der Waals surface area contributed by atoms with E-state index in [1.54, 1.807) is 16.7 Å². The largest absolute Gasteiger partial charge is 0.409 e. The van der Waals surface area contributed by atoms with Gasteiger partial charge >= 0.3 is 0 Å². The lowest BCUT2D eigenvalue weighted by atomic mass is 10.2. The van der Waals surface area contributed by atoms with Crippen molar-refractivity contribution in [3.05, 3.63) is 67.1 Å². The Hall–Kier alpha value is -1.83. The van der Waals surface area contributed by atoms with Gasteiger partial charge in [0.15, 0.2) is 5.84 Å². The average molecular weight is 383 g/mol. The van der Waals surface area contributed by atoms with E-state index in [1.165, 1.54) is 0 Å². The second-order valence-electron chi connectivity index (χ2n) is 4.39. The smallest absolute Gasteiger partial charge is 0.262 e. The molecule has 1 aromatic carbocycles. The molecule has 5 nitrogen and oxygen atoms in total. The first kappa shape index (κ1) is 14.6. The van der Waals surface area contributed by atoms with Crippen LogP contribution in [0.2, 0.25) is 0 Å². The molecule has 0 spiro atoms. The number of benzene rings is 1. The van der Waals surface area contributed by atoms with Crippen molar-refractivity contribution in [1.82, 2.24) is 4.57 Å².